The molecule has 0 atom stereocenters. The smallest absolute Gasteiger partial charge is 0.312 e. The van der Waals surface area contributed by atoms with Crippen LogP contribution in [-0.4, -0.2) is 40.8 Å². The summed E-state index contributed by atoms with van der Waals surface area (Å²) < 4.78 is 42.9. The van der Waals surface area contributed by atoms with Crippen LogP contribution in [0.25, 0.3) is 0 Å². The quantitative estimate of drug-likeness (QED) is 0.481. The molecule has 18 heavy (non-hydrogen) atoms. The van der Waals surface area contributed by atoms with Crippen molar-refractivity contribution in [2.75, 3.05) is 40.8 Å². The molecule has 0 aromatic carbocycles. The molecule has 0 radical (unpaired) electrons. The Hall–Kier alpha value is -0.220. The second kappa shape index (κ2) is 7.39. The lowest BCUT2D eigenvalue weighted by Crippen LogP contribution is -2.04. The highest BCUT2D eigenvalue weighted by atomic mass is 31.2. The molecule has 0 heterocycles. The fourth-order valence-corrected chi connectivity index (χ4v) is 3.30. The lowest BCUT2D eigenvalue weighted by Gasteiger charge is -2.19. The minimum Gasteiger partial charge on any atom is -0.312 e. The Labute approximate surface area is 108 Å². The van der Waals surface area contributed by atoms with Crippen molar-refractivity contribution in [2.24, 2.45) is 0 Å². The van der Waals surface area contributed by atoms with Gasteiger partial charge in [0.05, 0.1) is 12.3 Å². The largest absolute Gasteiger partial charge is 0.334 e. The van der Waals surface area contributed by atoms with Crippen molar-refractivity contribution in [2.45, 2.75) is 0 Å². The highest BCUT2D eigenvalue weighted by molar-refractivity contribution is 7.54. The summed E-state index contributed by atoms with van der Waals surface area (Å²) in [6, 6.07) is 0. The van der Waals surface area contributed by atoms with Crippen molar-refractivity contribution < 1.29 is 27.2 Å². The molecule has 0 unspecified atom stereocenters. The molecule has 0 bridgehead atoms. The van der Waals surface area contributed by atoms with Crippen molar-refractivity contribution in [3.05, 3.63) is 24.3 Å². The van der Waals surface area contributed by atoms with E-state index >= 15 is 0 Å². The summed E-state index contributed by atoms with van der Waals surface area (Å²) in [5.74, 6) is 0. The van der Waals surface area contributed by atoms with Gasteiger partial charge >= 0.3 is 15.2 Å². The standard InChI is InChI=1S/C10H20O6P2/c1-9(7-17(11,13-3)14-4)10(2)8-18(12,15-5)16-6/h1-2,7-8H2,3-6H3. The minimum absolute atomic E-state index is 0.0216. The molecule has 0 aliphatic carbocycles. The Kier molecular flexibility index (Phi) is 7.30. The summed E-state index contributed by atoms with van der Waals surface area (Å²) in [5.41, 5.74) is 0.854. The second-order valence-electron chi connectivity index (χ2n) is 3.48. The maximum absolute atomic E-state index is 11.9. The Morgan fingerprint density at radius 3 is 1.17 bits per heavy atom. The van der Waals surface area contributed by atoms with Crippen molar-refractivity contribution >= 4 is 15.2 Å². The Balaban J connectivity index is 4.69. The van der Waals surface area contributed by atoms with Crippen LogP contribution in [0.1, 0.15) is 0 Å². The molecule has 106 valence electrons. The van der Waals surface area contributed by atoms with E-state index in [1.165, 1.54) is 28.4 Å². The number of rotatable bonds is 9. The molecule has 0 aliphatic heterocycles. The van der Waals surface area contributed by atoms with Gasteiger partial charge in [-0.25, -0.2) is 0 Å². The maximum atomic E-state index is 11.9. The first kappa shape index (κ1) is 17.8. The van der Waals surface area contributed by atoms with E-state index in [0.29, 0.717) is 11.1 Å². The summed E-state index contributed by atoms with van der Waals surface area (Å²) in [5, 5.41) is 0. The highest BCUT2D eigenvalue weighted by Crippen LogP contribution is 2.52. The van der Waals surface area contributed by atoms with Crippen LogP contribution in [0.15, 0.2) is 24.3 Å². The SMILES string of the molecule is C=C(CP(=O)(OC)OC)C(=C)CP(=O)(OC)OC. The lowest BCUT2D eigenvalue weighted by atomic mass is 10.2. The predicted molar refractivity (Wildman–Crippen MR) is 71.3 cm³/mol. The zero-order valence-corrected chi connectivity index (χ0v) is 13.0. The van der Waals surface area contributed by atoms with Crippen LogP contribution in [-0.2, 0) is 27.2 Å². The molecule has 8 heteroatoms. The second-order valence-corrected chi connectivity index (χ2v) is 8.01. The molecular formula is C10H20O6P2. The molecule has 0 fully saturated rings. The van der Waals surface area contributed by atoms with E-state index in [4.69, 9.17) is 18.1 Å². The molecule has 0 N–H and O–H groups in total. The van der Waals surface area contributed by atoms with Gasteiger partial charge in [0.1, 0.15) is 0 Å². The van der Waals surface area contributed by atoms with Gasteiger partial charge < -0.3 is 18.1 Å². The van der Waals surface area contributed by atoms with Crippen LogP contribution < -0.4 is 0 Å². The van der Waals surface area contributed by atoms with Crippen LogP contribution in [0.4, 0.5) is 0 Å². The van der Waals surface area contributed by atoms with Crippen molar-refractivity contribution in [3.63, 3.8) is 0 Å². The topological polar surface area (TPSA) is 71.1 Å². The summed E-state index contributed by atoms with van der Waals surface area (Å²) in [7, 11) is -1.26. The molecule has 0 rings (SSSR count). The zero-order chi connectivity index (χ0) is 14.4. The summed E-state index contributed by atoms with van der Waals surface area (Å²) >= 11 is 0. The van der Waals surface area contributed by atoms with Gasteiger partial charge in [-0.2, -0.15) is 0 Å². The first-order valence-electron chi connectivity index (χ1n) is 5.03. The van der Waals surface area contributed by atoms with Crippen LogP contribution in [0, 0.1) is 0 Å². The van der Waals surface area contributed by atoms with Crippen molar-refractivity contribution in [1.29, 1.82) is 0 Å². The molecular weight excluding hydrogens is 278 g/mol. The van der Waals surface area contributed by atoms with Crippen LogP contribution in [0.2, 0.25) is 0 Å². The minimum atomic E-state index is -3.21. The van der Waals surface area contributed by atoms with Gasteiger partial charge in [-0.15, -0.1) is 0 Å². The van der Waals surface area contributed by atoms with Gasteiger partial charge in [0, 0.05) is 28.4 Å². The molecule has 6 nitrogen and oxygen atoms in total. The van der Waals surface area contributed by atoms with E-state index in [-0.39, 0.29) is 12.3 Å². The molecule has 0 spiro atoms. The van der Waals surface area contributed by atoms with E-state index in [2.05, 4.69) is 13.2 Å². The van der Waals surface area contributed by atoms with Gasteiger partial charge in [0.15, 0.2) is 0 Å². The van der Waals surface area contributed by atoms with Crippen LogP contribution in [0.5, 0.6) is 0 Å². The highest BCUT2D eigenvalue weighted by Gasteiger charge is 2.27. The first-order valence-corrected chi connectivity index (χ1v) is 8.48. The third-order valence-electron chi connectivity index (χ3n) is 2.38. The average molecular weight is 298 g/mol. The van der Waals surface area contributed by atoms with Crippen molar-refractivity contribution in [1.82, 2.24) is 0 Å². The molecule has 0 aromatic heterocycles. The van der Waals surface area contributed by atoms with E-state index in [9.17, 15) is 9.13 Å². The van der Waals surface area contributed by atoms with Gasteiger partial charge in [-0.3, -0.25) is 9.13 Å². The van der Waals surface area contributed by atoms with E-state index in [1.54, 1.807) is 0 Å². The predicted octanol–water partition coefficient (Wildman–Crippen LogP) is 3.07. The Morgan fingerprint density at radius 1 is 0.778 bits per heavy atom. The monoisotopic (exact) mass is 298 g/mol. The summed E-state index contributed by atoms with van der Waals surface area (Å²) in [4.78, 5) is 0. The van der Waals surface area contributed by atoms with E-state index < -0.39 is 15.2 Å². The summed E-state index contributed by atoms with van der Waals surface area (Å²) in [6.45, 7) is 7.45. The molecule has 0 saturated carbocycles. The molecule has 0 amide bonds. The molecule has 0 aromatic rings. The third-order valence-corrected chi connectivity index (χ3v) is 6.15. The van der Waals surface area contributed by atoms with E-state index in [1.807, 2.05) is 0 Å². The summed E-state index contributed by atoms with van der Waals surface area (Å²) in [6.07, 6.45) is -0.0431. The van der Waals surface area contributed by atoms with E-state index in [0.717, 1.165) is 0 Å². The third kappa shape index (κ3) is 5.19. The van der Waals surface area contributed by atoms with Gasteiger partial charge in [-0.1, -0.05) is 13.2 Å². The molecule has 0 aliphatic rings. The van der Waals surface area contributed by atoms with Crippen LogP contribution in [0.3, 0.4) is 0 Å². The Bertz CT molecular complexity index is 349. The normalized spacial score (nSPS) is 12.4. The van der Waals surface area contributed by atoms with Gasteiger partial charge in [-0.05, 0) is 11.1 Å². The van der Waals surface area contributed by atoms with Gasteiger partial charge in [0.25, 0.3) is 0 Å². The van der Waals surface area contributed by atoms with Crippen LogP contribution >= 0.6 is 15.2 Å². The zero-order valence-electron chi connectivity index (χ0n) is 11.2. The number of allylic oxidation sites excluding steroid dienone is 2. The fraction of sp³-hybridized carbons (Fsp3) is 0.600. The maximum Gasteiger partial charge on any atom is 0.334 e. The Morgan fingerprint density at radius 2 is 1.00 bits per heavy atom. The number of hydrogen-bond donors (Lipinski definition) is 0. The van der Waals surface area contributed by atoms with Crippen molar-refractivity contribution in [3.8, 4) is 0 Å². The average Bonchev–Trinajstić information content (AvgIpc) is 2.38. The fourth-order valence-electron chi connectivity index (χ4n) is 1.10. The molecule has 0 saturated heterocycles. The lowest BCUT2D eigenvalue weighted by molar-refractivity contribution is 0.276. The van der Waals surface area contributed by atoms with Gasteiger partial charge in [0.2, 0.25) is 0 Å². The number of hydrogen-bond acceptors (Lipinski definition) is 6. The first-order chi connectivity index (χ1) is 8.25.